The van der Waals surface area contributed by atoms with Crippen LogP contribution in [0.4, 0.5) is 34.6 Å². The van der Waals surface area contributed by atoms with Gasteiger partial charge in [-0.05, 0) is 12.1 Å². The first-order valence-electron chi connectivity index (χ1n) is 6.26. The topological polar surface area (TPSA) is 63.2 Å². The maximum absolute atomic E-state index is 13.6. The number of halogens is 4. The first-order chi connectivity index (χ1) is 10.8. The number of aromatic nitrogens is 1. The molecule has 0 saturated carbocycles. The summed E-state index contributed by atoms with van der Waals surface area (Å²) in [5.74, 6) is -7.02. The summed E-state index contributed by atoms with van der Waals surface area (Å²) in [5, 5.41) is 4.70. The zero-order valence-electron chi connectivity index (χ0n) is 12.0. The van der Waals surface area contributed by atoms with Crippen LogP contribution in [-0.4, -0.2) is 18.0 Å². The van der Waals surface area contributed by atoms with Crippen molar-refractivity contribution in [2.45, 2.75) is 6.92 Å². The number of carbonyl (C=O) groups excluding carboxylic acids is 1. The summed E-state index contributed by atoms with van der Waals surface area (Å²) in [6.45, 7) is 1.29. The third-order valence-corrected chi connectivity index (χ3v) is 2.78. The molecule has 0 spiro atoms. The lowest BCUT2D eigenvalue weighted by Gasteiger charge is -2.13. The van der Waals surface area contributed by atoms with E-state index in [1.54, 1.807) is 0 Å². The average molecular weight is 329 g/mol. The van der Waals surface area contributed by atoms with Crippen molar-refractivity contribution >= 4 is 23.0 Å². The Morgan fingerprint density at radius 1 is 1.13 bits per heavy atom. The van der Waals surface area contributed by atoms with Gasteiger partial charge < -0.3 is 15.4 Å². The van der Waals surface area contributed by atoms with Gasteiger partial charge in [-0.15, -0.1) is 0 Å². The summed E-state index contributed by atoms with van der Waals surface area (Å²) in [4.78, 5) is 13.5. The number of rotatable bonds is 4. The number of amides is 1. The van der Waals surface area contributed by atoms with Crippen molar-refractivity contribution in [2.75, 3.05) is 17.7 Å². The van der Waals surface area contributed by atoms with Crippen molar-refractivity contribution in [3.05, 3.63) is 41.7 Å². The number of nitrogens with zero attached hydrogens (tertiary/aromatic N) is 1. The molecule has 0 atom stereocenters. The van der Waals surface area contributed by atoms with Gasteiger partial charge in [-0.3, -0.25) is 4.79 Å². The molecule has 0 radical (unpaired) electrons. The molecule has 0 aliphatic carbocycles. The van der Waals surface area contributed by atoms with Crippen LogP contribution in [-0.2, 0) is 4.79 Å². The molecule has 0 aliphatic heterocycles. The predicted molar refractivity (Wildman–Crippen MR) is 74.6 cm³/mol. The van der Waals surface area contributed by atoms with Crippen molar-refractivity contribution in [1.82, 2.24) is 4.98 Å². The highest BCUT2D eigenvalue weighted by molar-refractivity contribution is 5.91. The van der Waals surface area contributed by atoms with Gasteiger partial charge in [-0.25, -0.2) is 0 Å². The summed E-state index contributed by atoms with van der Waals surface area (Å²) in [6, 6.07) is 4.02. The maximum Gasteiger partial charge on any atom is 0.253 e. The van der Waals surface area contributed by atoms with Crippen LogP contribution in [0.2, 0.25) is 0 Å². The minimum Gasteiger partial charge on any atom is -0.494 e. The molecule has 23 heavy (non-hydrogen) atoms. The molecular weight excluding hydrogens is 318 g/mol. The molecule has 2 rings (SSSR count). The van der Waals surface area contributed by atoms with Gasteiger partial charge in [0.05, 0.1) is 12.8 Å². The number of methoxy groups -OCH3 is 1. The normalized spacial score (nSPS) is 10.3. The number of anilines is 3. The van der Waals surface area contributed by atoms with Crippen molar-refractivity contribution in [1.29, 1.82) is 0 Å². The van der Waals surface area contributed by atoms with E-state index in [0.717, 1.165) is 0 Å². The molecule has 0 aliphatic rings. The molecule has 0 saturated heterocycles. The average Bonchev–Trinajstić information content (AvgIpc) is 2.50. The van der Waals surface area contributed by atoms with Gasteiger partial charge in [0, 0.05) is 18.7 Å². The van der Waals surface area contributed by atoms with E-state index in [0.29, 0.717) is 5.69 Å². The zero-order valence-corrected chi connectivity index (χ0v) is 12.0. The van der Waals surface area contributed by atoms with Gasteiger partial charge in [-0.2, -0.15) is 22.5 Å². The summed E-state index contributed by atoms with van der Waals surface area (Å²) in [7, 11) is 1.32. The molecule has 122 valence electrons. The van der Waals surface area contributed by atoms with E-state index < -0.39 is 29.2 Å². The lowest BCUT2D eigenvalue weighted by atomic mass is 10.2. The van der Waals surface area contributed by atoms with Crippen LogP contribution in [0.5, 0.6) is 5.75 Å². The number of ether oxygens (including phenoxy) is 1. The number of hydrogen-bond acceptors (Lipinski definition) is 4. The third-order valence-electron chi connectivity index (χ3n) is 2.78. The fourth-order valence-electron chi connectivity index (χ4n) is 1.80. The Hall–Kier alpha value is -2.84. The smallest absolute Gasteiger partial charge is 0.253 e. The molecule has 1 aromatic carbocycles. The third kappa shape index (κ3) is 3.50. The zero-order chi connectivity index (χ0) is 17.1. The Morgan fingerprint density at radius 2 is 1.74 bits per heavy atom. The van der Waals surface area contributed by atoms with E-state index in [-0.39, 0.29) is 17.3 Å². The van der Waals surface area contributed by atoms with Crippen molar-refractivity contribution < 1.29 is 27.1 Å². The molecule has 2 aromatic rings. The largest absolute Gasteiger partial charge is 0.494 e. The molecule has 0 fully saturated rings. The van der Waals surface area contributed by atoms with Gasteiger partial charge in [0.15, 0.2) is 0 Å². The fourth-order valence-corrected chi connectivity index (χ4v) is 1.80. The van der Waals surface area contributed by atoms with Gasteiger partial charge in [0.25, 0.3) is 11.9 Å². The minimum absolute atomic E-state index is 0.0822. The van der Waals surface area contributed by atoms with Crippen LogP contribution < -0.4 is 15.4 Å². The molecule has 0 bridgehead atoms. The first kappa shape index (κ1) is 16.5. The quantitative estimate of drug-likeness (QED) is 0.667. The van der Waals surface area contributed by atoms with Gasteiger partial charge in [-0.1, -0.05) is 0 Å². The van der Waals surface area contributed by atoms with E-state index in [1.807, 2.05) is 0 Å². The second-order valence-electron chi connectivity index (χ2n) is 4.42. The van der Waals surface area contributed by atoms with Gasteiger partial charge in [0.2, 0.25) is 17.5 Å². The Morgan fingerprint density at radius 3 is 2.26 bits per heavy atom. The summed E-state index contributed by atoms with van der Waals surface area (Å²) in [6.07, 6.45) is 0. The monoisotopic (exact) mass is 329 g/mol. The Labute approximate surface area is 128 Å². The van der Waals surface area contributed by atoms with Gasteiger partial charge in [0.1, 0.15) is 11.4 Å². The second kappa shape index (κ2) is 6.51. The van der Waals surface area contributed by atoms with Crippen molar-refractivity contribution in [2.24, 2.45) is 0 Å². The van der Waals surface area contributed by atoms with Gasteiger partial charge >= 0.3 is 0 Å². The molecule has 0 unspecified atom stereocenters. The highest BCUT2D eigenvalue weighted by Gasteiger charge is 2.21. The van der Waals surface area contributed by atoms with Crippen molar-refractivity contribution in [3.63, 3.8) is 0 Å². The van der Waals surface area contributed by atoms with Crippen LogP contribution in [0.25, 0.3) is 0 Å². The summed E-state index contributed by atoms with van der Waals surface area (Å²) >= 11 is 0. The van der Waals surface area contributed by atoms with Crippen LogP contribution in [0.1, 0.15) is 6.92 Å². The Balaban J connectivity index is 2.40. The van der Waals surface area contributed by atoms with E-state index in [4.69, 9.17) is 4.74 Å². The highest BCUT2D eigenvalue weighted by Crippen LogP contribution is 2.31. The van der Waals surface area contributed by atoms with E-state index >= 15 is 0 Å². The van der Waals surface area contributed by atoms with E-state index in [1.165, 1.54) is 32.2 Å². The van der Waals surface area contributed by atoms with Crippen LogP contribution in [0.15, 0.2) is 18.2 Å². The van der Waals surface area contributed by atoms with E-state index in [2.05, 4.69) is 15.6 Å². The fraction of sp³-hybridized carbons (Fsp3) is 0.143. The van der Waals surface area contributed by atoms with Crippen LogP contribution in [0, 0.1) is 23.5 Å². The van der Waals surface area contributed by atoms with Crippen LogP contribution >= 0.6 is 0 Å². The second-order valence-corrected chi connectivity index (χ2v) is 4.42. The Kier molecular flexibility index (Phi) is 4.68. The van der Waals surface area contributed by atoms with Crippen molar-refractivity contribution in [3.8, 4) is 5.75 Å². The number of carbonyl (C=O) groups is 1. The predicted octanol–water partition coefficient (Wildman–Crippen LogP) is 3.35. The molecule has 2 N–H and O–H groups in total. The van der Waals surface area contributed by atoms with E-state index in [9.17, 15) is 22.4 Å². The SMILES string of the molecule is COc1cc(Nc2c(F)c(F)nc(F)c2F)ccc1NC(C)=O. The molecule has 1 aromatic heterocycles. The molecule has 1 amide bonds. The standard InChI is InChI=1S/C14H11F4N3O2/c1-6(22)19-8-4-3-7(5-9(8)23-2)20-12-10(15)13(17)21-14(18)11(12)16/h3-5H,1-2H3,(H,19,22)(H,20,21). The Bertz CT molecular complexity index is 742. The molecule has 9 heteroatoms. The highest BCUT2D eigenvalue weighted by atomic mass is 19.2. The minimum atomic E-state index is -1.77. The first-order valence-corrected chi connectivity index (χ1v) is 6.26. The number of benzene rings is 1. The molecule has 1 heterocycles. The summed E-state index contributed by atoms with van der Waals surface area (Å²) in [5.41, 5.74) is -0.623. The number of hydrogen-bond donors (Lipinski definition) is 2. The number of pyridine rings is 1. The maximum atomic E-state index is 13.6. The molecular formula is C14H11F4N3O2. The molecule has 5 nitrogen and oxygen atoms in total. The lowest BCUT2D eigenvalue weighted by Crippen LogP contribution is -2.08. The lowest BCUT2D eigenvalue weighted by molar-refractivity contribution is -0.114. The van der Waals surface area contributed by atoms with Crippen LogP contribution in [0.3, 0.4) is 0 Å². The summed E-state index contributed by atoms with van der Waals surface area (Å²) < 4.78 is 58.3. The number of nitrogens with one attached hydrogen (secondary N) is 2.